The zero-order chi connectivity index (χ0) is 11.0. The summed E-state index contributed by atoms with van der Waals surface area (Å²) in [7, 11) is 0. The fourth-order valence-electron chi connectivity index (χ4n) is 2.13. The molecule has 5 heteroatoms. The number of quaternary nitrogens is 1. The number of rotatable bonds is 2. The third-order valence-corrected chi connectivity index (χ3v) is 4.06. The Balaban J connectivity index is 2.39. The first kappa shape index (κ1) is 10.4. The van der Waals surface area contributed by atoms with Gasteiger partial charge < -0.3 is 16.4 Å². The Kier molecular flexibility index (Phi) is 2.67. The number of nitrogen functional groups attached to an aromatic ring is 1. The third-order valence-electron chi connectivity index (χ3n) is 3.00. The maximum absolute atomic E-state index is 11.2. The summed E-state index contributed by atoms with van der Waals surface area (Å²) in [5.74, 6) is -0.384. The van der Waals surface area contributed by atoms with Crippen LogP contribution >= 0.6 is 11.3 Å². The van der Waals surface area contributed by atoms with Gasteiger partial charge in [-0.25, -0.2) is 0 Å². The molecule has 82 valence electrons. The number of fused-ring (bicyclic) bond motifs is 1. The first-order chi connectivity index (χ1) is 7.13. The van der Waals surface area contributed by atoms with E-state index in [1.165, 1.54) is 16.2 Å². The van der Waals surface area contributed by atoms with Gasteiger partial charge in [-0.1, -0.05) is 0 Å². The molecule has 1 unspecified atom stereocenters. The van der Waals surface area contributed by atoms with Gasteiger partial charge in [0.1, 0.15) is 6.54 Å². The molecule has 1 amide bonds. The highest BCUT2D eigenvalue weighted by Gasteiger charge is 2.27. The molecule has 5 N–H and O–H groups in total. The number of likely N-dealkylation sites (N-methyl/N-ethyl adjacent to an activating group) is 1. The Morgan fingerprint density at radius 2 is 2.33 bits per heavy atom. The van der Waals surface area contributed by atoms with Crippen molar-refractivity contribution in [2.45, 2.75) is 19.9 Å². The molecule has 1 aromatic heterocycles. The molecule has 0 fully saturated rings. The quantitative estimate of drug-likeness (QED) is 0.629. The summed E-state index contributed by atoms with van der Waals surface area (Å²) in [5, 5.41) is 0.588. The fraction of sp³-hybridized carbons (Fsp3) is 0.500. The average molecular weight is 226 g/mol. The summed E-state index contributed by atoms with van der Waals surface area (Å²) in [4.78, 5) is 14.0. The minimum atomic E-state index is -0.384. The van der Waals surface area contributed by atoms with Crippen LogP contribution in [0.2, 0.25) is 0 Å². The van der Waals surface area contributed by atoms with E-state index in [2.05, 4.69) is 6.92 Å². The Labute approximate surface area is 92.9 Å². The first-order valence-electron chi connectivity index (χ1n) is 5.16. The largest absolute Gasteiger partial charge is 0.390 e. The lowest BCUT2D eigenvalue weighted by Gasteiger charge is -2.22. The minimum Gasteiger partial charge on any atom is -0.390 e. The smallest absolute Gasteiger partial charge is 0.251 e. The molecule has 0 aliphatic carbocycles. The van der Waals surface area contributed by atoms with Crippen molar-refractivity contribution in [1.29, 1.82) is 0 Å². The van der Waals surface area contributed by atoms with Gasteiger partial charge in [-0.3, -0.25) is 4.79 Å². The van der Waals surface area contributed by atoms with Crippen LogP contribution in [0.4, 0.5) is 5.00 Å². The number of carbonyl (C=O) groups is 1. The molecule has 0 radical (unpaired) electrons. The molecule has 1 aliphatic heterocycles. The van der Waals surface area contributed by atoms with Gasteiger partial charge >= 0.3 is 0 Å². The van der Waals surface area contributed by atoms with Gasteiger partial charge in [-0.05, 0) is 12.5 Å². The fourth-order valence-corrected chi connectivity index (χ4v) is 3.32. The molecule has 0 bridgehead atoms. The van der Waals surface area contributed by atoms with E-state index in [1.54, 1.807) is 4.90 Å². The molecule has 15 heavy (non-hydrogen) atoms. The van der Waals surface area contributed by atoms with Crippen molar-refractivity contribution >= 4 is 22.2 Å². The Morgan fingerprint density at radius 1 is 1.60 bits per heavy atom. The molecule has 0 saturated carbocycles. The summed E-state index contributed by atoms with van der Waals surface area (Å²) >= 11 is 1.52. The standard InChI is InChI=1S/C10H15N3OS/c1-2-13-4-3-6-7(5-13)15-10(12)8(6)9(11)14/h2-5,12H2,1H3,(H2,11,14)/p+1. The number of nitrogens with one attached hydrogen (secondary N) is 1. The van der Waals surface area contributed by atoms with E-state index >= 15 is 0 Å². The van der Waals surface area contributed by atoms with Crippen LogP contribution in [0.5, 0.6) is 0 Å². The van der Waals surface area contributed by atoms with Crippen LogP contribution in [-0.4, -0.2) is 19.0 Å². The van der Waals surface area contributed by atoms with Crippen molar-refractivity contribution < 1.29 is 9.69 Å². The van der Waals surface area contributed by atoms with E-state index in [1.807, 2.05) is 0 Å². The maximum Gasteiger partial charge on any atom is 0.251 e. The maximum atomic E-state index is 11.2. The van der Waals surface area contributed by atoms with E-state index in [9.17, 15) is 4.79 Å². The van der Waals surface area contributed by atoms with Crippen molar-refractivity contribution in [2.75, 3.05) is 18.8 Å². The highest BCUT2D eigenvalue weighted by Crippen LogP contribution is 2.31. The Morgan fingerprint density at radius 3 is 2.93 bits per heavy atom. The molecule has 2 heterocycles. The van der Waals surface area contributed by atoms with E-state index in [0.29, 0.717) is 10.6 Å². The van der Waals surface area contributed by atoms with E-state index in [4.69, 9.17) is 11.5 Å². The second kappa shape index (κ2) is 3.83. The third kappa shape index (κ3) is 1.72. The highest BCUT2D eigenvalue weighted by atomic mass is 32.1. The van der Waals surface area contributed by atoms with Crippen LogP contribution in [0.15, 0.2) is 0 Å². The number of thiophene rings is 1. The van der Waals surface area contributed by atoms with Gasteiger partial charge in [0.05, 0.1) is 28.5 Å². The first-order valence-corrected chi connectivity index (χ1v) is 5.98. The molecule has 1 aliphatic rings. The molecule has 0 aromatic carbocycles. The summed E-state index contributed by atoms with van der Waals surface area (Å²) in [5.41, 5.74) is 12.8. The minimum absolute atomic E-state index is 0.384. The van der Waals surface area contributed by atoms with Crippen LogP contribution in [0.1, 0.15) is 27.7 Å². The van der Waals surface area contributed by atoms with Crippen LogP contribution in [0.3, 0.4) is 0 Å². The van der Waals surface area contributed by atoms with Crippen LogP contribution < -0.4 is 16.4 Å². The van der Waals surface area contributed by atoms with Crippen molar-refractivity contribution in [3.63, 3.8) is 0 Å². The molecule has 4 nitrogen and oxygen atoms in total. The number of amides is 1. The predicted molar refractivity (Wildman–Crippen MR) is 61.0 cm³/mol. The van der Waals surface area contributed by atoms with Crippen molar-refractivity contribution in [3.05, 3.63) is 16.0 Å². The van der Waals surface area contributed by atoms with Gasteiger partial charge in [0.25, 0.3) is 5.91 Å². The number of hydrogen-bond donors (Lipinski definition) is 3. The van der Waals surface area contributed by atoms with Crippen LogP contribution in [0, 0.1) is 0 Å². The summed E-state index contributed by atoms with van der Waals surface area (Å²) in [6.45, 7) is 5.34. The molecular formula is C10H16N3OS+. The van der Waals surface area contributed by atoms with E-state index < -0.39 is 0 Å². The predicted octanol–water partition coefficient (Wildman–Crippen LogP) is -0.610. The molecular weight excluding hydrogens is 210 g/mol. The van der Waals surface area contributed by atoms with E-state index in [0.717, 1.165) is 31.6 Å². The zero-order valence-electron chi connectivity index (χ0n) is 8.80. The van der Waals surface area contributed by atoms with Crippen molar-refractivity contribution in [2.24, 2.45) is 5.73 Å². The normalized spacial score (nSPS) is 19.9. The second-order valence-electron chi connectivity index (χ2n) is 3.89. The van der Waals surface area contributed by atoms with Gasteiger partial charge in [-0.2, -0.15) is 0 Å². The number of carbonyl (C=O) groups excluding carboxylic acids is 1. The molecule has 0 spiro atoms. The van der Waals surface area contributed by atoms with Crippen LogP contribution in [0.25, 0.3) is 0 Å². The molecule has 1 atom stereocenters. The van der Waals surface area contributed by atoms with Crippen molar-refractivity contribution in [3.8, 4) is 0 Å². The zero-order valence-corrected chi connectivity index (χ0v) is 9.62. The topological polar surface area (TPSA) is 73.6 Å². The van der Waals surface area contributed by atoms with Gasteiger partial charge in [-0.15, -0.1) is 11.3 Å². The number of anilines is 1. The second-order valence-corrected chi connectivity index (χ2v) is 5.02. The number of nitrogens with two attached hydrogens (primary N) is 2. The molecule has 1 aromatic rings. The van der Waals surface area contributed by atoms with Crippen LogP contribution in [-0.2, 0) is 13.0 Å². The SMILES string of the molecule is CC[NH+]1CCc2c(sc(N)c2C(N)=O)C1. The van der Waals surface area contributed by atoms with Gasteiger partial charge in [0, 0.05) is 6.42 Å². The summed E-state index contributed by atoms with van der Waals surface area (Å²) in [6.07, 6.45) is 0.921. The highest BCUT2D eigenvalue weighted by molar-refractivity contribution is 7.16. The number of hydrogen-bond acceptors (Lipinski definition) is 3. The lowest BCUT2D eigenvalue weighted by Crippen LogP contribution is -3.11. The summed E-state index contributed by atoms with van der Waals surface area (Å²) in [6, 6.07) is 0. The molecule has 2 rings (SSSR count). The monoisotopic (exact) mass is 226 g/mol. The van der Waals surface area contributed by atoms with E-state index in [-0.39, 0.29) is 5.91 Å². The average Bonchev–Trinajstić information content (AvgIpc) is 2.52. The van der Waals surface area contributed by atoms with Crippen molar-refractivity contribution in [1.82, 2.24) is 0 Å². The van der Waals surface area contributed by atoms with Gasteiger partial charge in [0.15, 0.2) is 0 Å². The summed E-state index contributed by atoms with van der Waals surface area (Å²) < 4.78 is 0. The number of primary amides is 1. The Bertz CT molecular complexity index is 400. The molecule has 0 saturated heterocycles. The lowest BCUT2D eigenvalue weighted by atomic mass is 10.0. The van der Waals surface area contributed by atoms with Gasteiger partial charge in [0.2, 0.25) is 0 Å². The lowest BCUT2D eigenvalue weighted by molar-refractivity contribution is -0.913. The Hall–Kier alpha value is -1.07.